The number of ketones is 1. The highest BCUT2D eigenvalue weighted by Gasteiger charge is 2.60. The van der Waals surface area contributed by atoms with E-state index in [1.807, 2.05) is 0 Å². The van der Waals surface area contributed by atoms with Crippen molar-refractivity contribution in [3.63, 3.8) is 0 Å². The first-order chi connectivity index (χ1) is 11.8. The van der Waals surface area contributed by atoms with Crippen LogP contribution >= 0.6 is 11.6 Å². The van der Waals surface area contributed by atoms with Crippen LogP contribution in [0.1, 0.15) is 72.1 Å². The smallest absolute Gasteiger partial charge is 0.302 e. The van der Waals surface area contributed by atoms with E-state index in [4.69, 9.17) is 16.3 Å². The van der Waals surface area contributed by atoms with Gasteiger partial charge in [-0.2, -0.15) is 0 Å². The monoisotopic (exact) mass is 364 g/mol. The second-order valence-electron chi connectivity index (χ2n) is 9.27. The summed E-state index contributed by atoms with van der Waals surface area (Å²) in [5.74, 6) is 1.92. The van der Waals surface area contributed by atoms with Crippen LogP contribution in [0.5, 0.6) is 0 Å². The van der Waals surface area contributed by atoms with Gasteiger partial charge in [0.05, 0.1) is 5.03 Å². The maximum atomic E-state index is 12.1. The van der Waals surface area contributed by atoms with Crippen molar-refractivity contribution in [3.05, 3.63) is 10.6 Å². The molecule has 0 radical (unpaired) electrons. The average molecular weight is 365 g/mol. The molecule has 4 aliphatic carbocycles. The van der Waals surface area contributed by atoms with E-state index in [0.29, 0.717) is 29.2 Å². The molecule has 4 rings (SSSR count). The Morgan fingerprint density at radius 3 is 2.56 bits per heavy atom. The molecule has 4 aliphatic rings. The fourth-order valence-electron chi connectivity index (χ4n) is 7.00. The minimum Gasteiger partial charge on any atom is -0.462 e. The van der Waals surface area contributed by atoms with Gasteiger partial charge in [0, 0.05) is 18.8 Å². The predicted molar refractivity (Wildman–Crippen MR) is 97.1 cm³/mol. The molecule has 0 aromatic carbocycles. The van der Waals surface area contributed by atoms with E-state index in [1.165, 1.54) is 12.5 Å². The van der Waals surface area contributed by atoms with Gasteiger partial charge in [-0.15, -0.1) is 0 Å². The molecular formula is C21H29ClO3. The topological polar surface area (TPSA) is 43.4 Å². The fourth-order valence-corrected chi connectivity index (χ4v) is 7.40. The van der Waals surface area contributed by atoms with Crippen LogP contribution < -0.4 is 0 Å². The number of halogens is 1. The summed E-state index contributed by atoms with van der Waals surface area (Å²) in [6.07, 6.45) is 8.17. The molecule has 138 valence electrons. The quantitative estimate of drug-likeness (QED) is 0.614. The zero-order chi connectivity index (χ0) is 18.0. The Morgan fingerprint density at radius 2 is 1.84 bits per heavy atom. The Labute approximate surface area is 155 Å². The number of hydrogen-bond acceptors (Lipinski definition) is 3. The van der Waals surface area contributed by atoms with Crippen LogP contribution in [0.15, 0.2) is 10.6 Å². The van der Waals surface area contributed by atoms with Crippen molar-refractivity contribution in [1.29, 1.82) is 0 Å². The summed E-state index contributed by atoms with van der Waals surface area (Å²) in [6, 6.07) is 0. The number of ether oxygens (including phenoxy) is 1. The number of rotatable bonds is 1. The van der Waals surface area contributed by atoms with Gasteiger partial charge in [-0.3, -0.25) is 9.59 Å². The maximum absolute atomic E-state index is 12.1. The fraction of sp³-hybridized carbons (Fsp3) is 0.810. The Morgan fingerprint density at radius 1 is 1.08 bits per heavy atom. The van der Waals surface area contributed by atoms with Gasteiger partial charge in [0.1, 0.15) is 6.10 Å². The molecule has 0 saturated heterocycles. The summed E-state index contributed by atoms with van der Waals surface area (Å²) >= 11 is 6.45. The summed E-state index contributed by atoms with van der Waals surface area (Å²) in [6.45, 7) is 6.23. The standard InChI is InChI=1S/C21H29ClO3/c1-12(23)25-18-7-6-14-13-4-5-16-19(22)17(24)9-11-20(16,2)15(13)8-10-21(14,18)3/h13-15,18H,4-11H2,1-3H3/t13-,14+,15+,18-,20+,21-/m0/s1. The van der Waals surface area contributed by atoms with Gasteiger partial charge in [-0.1, -0.05) is 25.4 Å². The minimum absolute atomic E-state index is 0.0808. The van der Waals surface area contributed by atoms with Crippen LogP contribution in [0.25, 0.3) is 0 Å². The zero-order valence-electron chi connectivity index (χ0n) is 15.6. The largest absolute Gasteiger partial charge is 0.462 e. The molecule has 0 N–H and O–H groups in total. The lowest BCUT2D eigenvalue weighted by atomic mass is 9.47. The SMILES string of the molecule is CC(=O)O[C@H]1CC[C@@H]2[C@@H]3CCC4=C(Cl)C(=O)CC[C@]4(C)[C@@H]3CC[C@]12C. The number of hydrogen-bond donors (Lipinski definition) is 0. The lowest BCUT2D eigenvalue weighted by Crippen LogP contribution is -2.52. The third kappa shape index (κ3) is 2.44. The van der Waals surface area contributed by atoms with Gasteiger partial charge in [-0.05, 0) is 73.7 Å². The van der Waals surface area contributed by atoms with Crippen molar-refractivity contribution < 1.29 is 14.3 Å². The Kier molecular flexibility index (Phi) is 4.10. The Bertz CT molecular complexity index is 654. The Hall–Kier alpha value is -0.830. The van der Waals surface area contributed by atoms with E-state index in [-0.39, 0.29) is 28.7 Å². The number of carbonyl (C=O) groups is 2. The highest BCUT2D eigenvalue weighted by Crippen LogP contribution is 2.66. The predicted octanol–water partition coefficient (Wildman–Crippen LogP) is 5.02. The lowest BCUT2D eigenvalue weighted by molar-refractivity contribution is -0.157. The highest BCUT2D eigenvalue weighted by atomic mass is 35.5. The normalized spacial score (nSPS) is 46.3. The number of carbonyl (C=O) groups excluding carboxylic acids is 2. The van der Waals surface area contributed by atoms with Crippen molar-refractivity contribution in [3.8, 4) is 0 Å². The first-order valence-corrected chi connectivity index (χ1v) is 10.2. The van der Waals surface area contributed by atoms with Crippen LogP contribution in [0, 0.1) is 28.6 Å². The minimum atomic E-state index is -0.146. The molecule has 0 heterocycles. The number of fused-ring (bicyclic) bond motifs is 5. The van der Waals surface area contributed by atoms with Gasteiger partial charge in [-0.25, -0.2) is 0 Å². The van der Waals surface area contributed by atoms with E-state index < -0.39 is 0 Å². The first kappa shape index (κ1) is 17.6. The molecule has 3 saturated carbocycles. The molecule has 0 amide bonds. The highest BCUT2D eigenvalue weighted by molar-refractivity contribution is 6.43. The summed E-state index contributed by atoms with van der Waals surface area (Å²) in [7, 11) is 0. The third-order valence-electron chi connectivity index (χ3n) is 8.27. The van der Waals surface area contributed by atoms with E-state index in [1.54, 1.807) is 0 Å². The van der Waals surface area contributed by atoms with Gasteiger partial charge in [0.25, 0.3) is 0 Å². The molecule has 0 aromatic heterocycles. The first-order valence-electron chi connectivity index (χ1n) is 9.87. The van der Waals surface area contributed by atoms with Crippen molar-refractivity contribution in [2.75, 3.05) is 0 Å². The molecule has 0 aliphatic heterocycles. The molecule has 3 fully saturated rings. The summed E-state index contributed by atoms with van der Waals surface area (Å²) in [5, 5.41) is 0.546. The maximum Gasteiger partial charge on any atom is 0.302 e. The summed E-state index contributed by atoms with van der Waals surface area (Å²) < 4.78 is 5.71. The molecule has 4 heteroatoms. The molecule has 3 nitrogen and oxygen atoms in total. The van der Waals surface area contributed by atoms with Crippen LogP contribution in [-0.4, -0.2) is 17.9 Å². The summed E-state index contributed by atoms with van der Waals surface area (Å²) in [4.78, 5) is 23.6. The molecule has 0 unspecified atom stereocenters. The van der Waals surface area contributed by atoms with Crippen LogP contribution in [0.3, 0.4) is 0 Å². The van der Waals surface area contributed by atoms with Crippen molar-refractivity contribution in [1.82, 2.24) is 0 Å². The lowest BCUT2D eigenvalue weighted by Gasteiger charge is -2.58. The van der Waals surface area contributed by atoms with Gasteiger partial charge in [0.15, 0.2) is 5.78 Å². The van der Waals surface area contributed by atoms with E-state index in [2.05, 4.69) is 13.8 Å². The average Bonchev–Trinajstić information content (AvgIpc) is 2.88. The van der Waals surface area contributed by atoms with Crippen molar-refractivity contribution >= 4 is 23.4 Å². The molecule has 25 heavy (non-hydrogen) atoms. The van der Waals surface area contributed by atoms with E-state index >= 15 is 0 Å². The van der Waals surface area contributed by atoms with Crippen LogP contribution in [-0.2, 0) is 14.3 Å². The number of allylic oxidation sites excluding steroid dienone is 1. The second kappa shape index (κ2) is 5.84. The molecular weight excluding hydrogens is 336 g/mol. The Balaban J connectivity index is 1.65. The second-order valence-corrected chi connectivity index (χ2v) is 9.65. The van der Waals surface area contributed by atoms with Crippen molar-refractivity contribution in [2.24, 2.45) is 28.6 Å². The van der Waals surface area contributed by atoms with E-state index in [0.717, 1.165) is 44.9 Å². The van der Waals surface area contributed by atoms with Crippen molar-refractivity contribution in [2.45, 2.75) is 78.2 Å². The number of Topliss-reactive ketones (excluding diaryl/α,β-unsaturated/α-hetero) is 1. The summed E-state index contributed by atoms with van der Waals surface area (Å²) in [5.41, 5.74) is 1.46. The van der Waals surface area contributed by atoms with Crippen LogP contribution in [0.2, 0.25) is 0 Å². The van der Waals surface area contributed by atoms with Crippen LogP contribution in [0.4, 0.5) is 0 Å². The molecule has 0 bridgehead atoms. The number of esters is 1. The molecule has 6 atom stereocenters. The molecule has 0 spiro atoms. The van der Waals surface area contributed by atoms with Gasteiger partial charge >= 0.3 is 5.97 Å². The van der Waals surface area contributed by atoms with Gasteiger partial charge in [0.2, 0.25) is 0 Å². The van der Waals surface area contributed by atoms with Gasteiger partial charge < -0.3 is 4.74 Å². The third-order valence-corrected chi connectivity index (χ3v) is 8.71. The zero-order valence-corrected chi connectivity index (χ0v) is 16.3. The molecule has 0 aromatic rings. The van der Waals surface area contributed by atoms with E-state index in [9.17, 15) is 9.59 Å².